The lowest BCUT2D eigenvalue weighted by Crippen LogP contribution is -2.28. The van der Waals surface area contributed by atoms with Crippen LogP contribution in [0, 0.1) is 11.7 Å². The SMILES string of the molecule is CCC1CC1NS(=O)(=O)c1cc(F)ccc1CNC. The van der Waals surface area contributed by atoms with Crippen LogP contribution in [0.4, 0.5) is 4.39 Å². The topological polar surface area (TPSA) is 58.2 Å². The zero-order chi connectivity index (χ0) is 14.0. The molecule has 0 radical (unpaired) electrons. The third-order valence-corrected chi connectivity index (χ3v) is 5.01. The maximum Gasteiger partial charge on any atom is 0.241 e. The molecule has 2 rings (SSSR count). The summed E-state index contributed by atoms with van der Waals surface area (Å²) >= 11 is 0. The van der Waals surface area contributed by atoms with E-state index in [9.17, 15) is 12.8 Å². The van der Waals surface area contributed by atoms with Crippen LogP contribution in [0.25, 0.3) is 0 Å². The van der Waals surface area contributed by atoms with Crippen LogP contribution in [0.3, 0.4) is 0 Å². The Bertz CT molecular complexity index is 560. The largest absolute Gasteiger partial charge is 0.316 e. The Morgan fingerprint density at radius 2 is 2.16 bits per heavy atom. The maximum atomic E-state index is 13.3. The van der Waals surface area contributed by atoms with E-state index < -0.39 is 15.8 Å². The van der Waals surface area contributed by atoms with Crippen molar-refractivity contribution in [3.63, 3.8) is 0 Å². The summed E-state index contributed by atoms with van der Waals surface area (Å²) in [5, 5.41) is 2.89. The number of rotatable bonds is 6. The molecule has 0 aliphatic heterocycles. The molecule has 2 unspecified atom stereocenters. The van der Waals surface area contributed by atoms with Gasteiger partial charge in [0.2, 0.25) is 10.0 Å². The first kappa shape index (κ1) is 14.4. The second-order valence-electron chi connectivity index (χ2n) is 4.91. The fourth-order valence-corrected chi connectivity index (χ4v) is 3.79. The second kappa shape index (κ2) is 5.56. The highest BCUT2D eigenvalue weighted by molar-refractivity contribution is 7.89. The zero-order valence-corrected chi connectivity index (χ0v) is 11.9. The van der Waals surface area contributed by atoms with Crippen molar-refractivity contribution in [1.82, 2.24) is 10.0 Å². The fraction of sp³-hybridized carbons (Fsp3) is 0.538. The van der Waals surface area contributed by atoms with Gasteiger partial charge in [0.1, 0.15) is 5.82 Å². The van der Waals surface area contributed by atoms with Crippen LogP contribution in [0.1, 0.15) is 25.3 Å². The molecule has 19 heavy (non-hydrogen) atoms. The van der Waals surface area contributed by atoms with Gasteiger partial charge in [0.05, 0.1) is 4.90 Å². The summed E-state index contributed by atoms with van der Waals surface area (Å²) < 4.78 is 40.5. The number of benzene rings is 1. The summed E-state index contributed by atoms with van der Waals surface area (Å²) in [7, 11) is -1.92. The molecule has 1 aliphatic carbocycles. The molecule has 1 saturated carbocycles. The van der Waals surface area contributed by atoms with Gasteiger partial charge in [-0.1, -0.05) is 19.4 Å². The fourth-order valence-electron chi connectivity index (χ4n) is 2.22. The van der Waals surface area contributed by atoms with Crippen molar-refractivity contribution in [3.8, 4) is 0 Å². The van der Waals surface area contributed by atoms with E-state index in [1.54, 1.807) is 7.05 Å². The molecule has 1 fully saturated rings. The van der Waals surface area contributed by atoms with Gasteiger partial charge in [0.25, 0.3) is 0 Å². The Morgan fingerprint density at radius 3 is 2.74 bits per heavy atom. The normalized spacial score (nSPS) is 22.5. The summed E-state index contributed by atoms with van der Waals surface area (Å²) in [6, 6.07) is 3.86. The van der Waals surface area contributed by atoms with Crippen LogP contribution in [0.2, 0.25) is 0 Å². The van der Waals surface area contributed by atoms with Crippen molar-refractivity contribution in [1.29, 1.82) is 0 Å². The van der Waals surface area contributed by atoms with Crippen LogP contribution < -0.4 is 10.0 Å². The lowest BCUT2D eigenvalue weighted by molar-refractivity contribution is 0.569. The molecule has 4 nitrogen and oxygen atoms in total. The van der Waals surface area contributed by atoms with Crippen LogP contribution in [-0.2, 0) is 16.6 Å². The first-order chi connectivity index (χ1) is 8.97. The van der Waals surface area contributed by atoms with Crippen LogP contribution in [0.15, 0.2) is 23.1 Å². The van der Waals surface area contributed by atoms with Gasteiger partial charge in [-0.15, -0.1) is 0 Å². The molecule has 1 aliphatic rings. The summed E-state index contributed by atoms with van der Waals surface area (Å²) in [5.74, 6) is -0.126. The standard InChI is InChI=1S/C13H19FN2O2S/c1-3-9-6-12(9)16-19(17,18)13-7-11(14)5-4-10(13)8-15-2/h4-5,7,9,12,15-16H,3,6,8H2,1-2H3. The minimum atomic E-state index is -3.65. The van der Waals surface area contributed by atoms with E-state index in [-0.39, 0.29) is 10.9 Å². The molecule has 6 heteroatoms. The van der Waals surface area contributed by atoms with Crippen molar-refractivity contribution in [3.05, 3.63) is 29.6 Å². The number of hydrogen-bond acceptors (Lipinski definition) is 3. The minimum Gasteiger partial charge on any atom is -0.316 e. The average Bonchev–Trinajstić information content (AvgIpc) is 3.09. The summed E-state index contributed by atoms with van der Waals surface area (Å²) in [5.41, 5.74) is 0.574. The molecule has 0 aromatic heterocycles. The highest BCUT2D eigenvalue weighted by Crippen LogP contribution is 2.34. The quantitative estimate of drug-likeness (QED) is 0.835. The number of nitrogens with one attached hydrogen (secondary N) is 2. The summed E-state index contributed by atoms with van der Waals surface area (Å²) in [6.07, 6.45) is 1.83. The van der Waals surface area contributed by atoms with E-state index in [1.165, 1.54) is 12.1 Å². The van der Waals surface area contributed by atoms with Crippen molar-refractivity contribution in [2.45, 2.75) is 37.2 Å². The lowest BCUT2D eigenvalue weighted by atomic mass is 10.2. The Kier molecular flexibility index (Phi) is 4.23. The van der Waals surface area contributed by atoms with E-state index in [0.717, 1.165) is 18.9 Å². The van der Waals surface area contributed by atoms with E-state index in [2.05, 4.69) is 10.0 Å². The van der Waals surface area contributed by atoms with Crippen molar-refractivity contribution in [2.24, 2.45) is 5.92 Å². The van der Waals surface area contributed by atoms with Crippen LogP contribution >= 0.6 is 0 Å². The Hall–Kier alpha value is -0.980. The van der Waals surface area contributed by atoms with Gasteiger partial charge >= 0.3 is 0 Å². The van der Waals surface area contributed by atoms with Gasteiger partial charge in [-0.2, -0.15) is 0 Å². The third-order valence-electron chi connectivity index (χ3n) is 3.44. The molecule has 0 spiro atoms. The Balaban J connectivity index is 2.26. The molecule has 2 atom stereocenters. The predicted molar refractivity (Wildman–Crippen MR) is 71.7 cm³/mol. The smallest absolute Gasteiger partial charge is 0.241 e. The van der Waals surface area contributed by atoms with Gasteiger partial charge in [0, 0.05) is 12.6 Å². The van der Waals surface area contributed by atoms with E-state index in [1.807, 2.05) is 6.92 Å². The van der Waals surface area contributed by atoms with Crippen LogP contribution in [0.5, 0.6) is 0 Å². The minimum absolute atomic E-state index is 0.000651. The molecule has 1 aromatic carbocycles. The number of hydrogen-bond donors (Lipinski definition) is 2. The molecular formula is C13H19FN2O2S. The molecule has 0 bridgehead atoms. The van der Waals surface area contributed by atoms with Crippen molar-refractivity contribution in [2.75, 3.05) is 7.05 Å². The number of sulfonamides is 1. The zero-order valence-electron chi connectivity index (χ0n) is 11.1. The maximum absolute atomic E-state index is 13.3. The molecule has 0 heterocycles. The van der Waals surface area contributed by atoms with Crippen LogP contribution in [-0.4, -0.2) is 21.5 Å². The van der Waals surface area contributed by atoms with E-state index in [0.29, 0.717) is 18.0 Å². The lowest BCUT2D eigenvalue weighted by Gasteiger charge is -2.11. The summed E-state index contributed by atoms with van der Waals surface area (Å²) in [6.45, 7) is 2.42. The molecular weight excluding hydrogens is 267 g/mol. The van der Waals surface area contributed by atoms with Crippen molar-refractivity contribution < 1.29 is 12.8 Å². The molecule has 106 valence electrons. The first-order valence-corrected chi connectivity index (χ1v) is 7.91. The molecule has 0 amide bonds. The monoisotopic (exact) mass is 286 g/mol. The molecule has 1 aromatic rings. The predicted octanol–water partition coefficient (Wildman–Crippen LogP) is 1.62. The second-order valence-corrected chi connectivity index (χ2v) is 6.60. The Labute approximate surface area is 113 Å². The van der Waals surface area contributed by atoms with Gasteiger partial charge in [-0.05, 0) is 37.1 Å². The van der Waals surface area contributed by atoms with Gasteiger partial charge in [-0.3, -0.25) is 0 Å². The summed E-state index contributed by atoms with van der Waals surface area (Å²) in [4.78, 5) is 0.0311. The van der Waals surface area contributed by atoms with Crippen molar-refractivity contribution >= 4 is 10.0 Å². The average molecular weight is 286 g/mol. The highest BCUT2D eigenvalue weighted by atomic mass is 32.2. The van der Waals surface area contributed by atoms with Gasteiger partial charge in [-0.25, -0.2) is 17.5 Å². The van der Waals surface area contributed by atoms with E-state index >= 15 is 0 Å². The molecule has 2 N–H and O–H groups in total. The Morgan fingerprint density at radius 1 is 1.42 bits per heavy atom. The first-order valence-electron chi connectivity index (χ1n) is 6.43. The number of halogens is 1. The van der Waals surface area contributed by atoms with Gasteiger partial charge in [0.15, 0.2) is 0 Å². The molecule has 0 saturated heterocycles. The van der Waals surface area contributed by atoms with E-state index in [4.69, 9.17) is 0 Å². The third kappa shape index (κ3) is 3.32. The highest BCUT2D eigenvalue weighted by Gasteiger charge is 2.39. The van der Waals surface area contributed by atoms with Gasteiger partial charge < -0.3 is 5.32 Å².